The number of rotatable bonds is 3. The molecule has 0 spiro atoms. The molecule has 0 N–H and O–H groups in total. The van der Waals surface area contributed by atoms with Crippen molar-refractivity contribution in [2.24, 2.45) is 0 Å². The minimum Gasteiger partial charge on any atom is -0.360 e. The van der Waals surface area contributed by atoms with Gasteiger partial charge in [0.1, 0.15) is 0 Å². The van der Waals surface area contributed by atoms with Gasteiger partial charge in [-0.15, -0.1) is 0 Å². The molecule has 1 aromatic carbocycles. The maximum Gasteiger partial charge on any atom is 0.416 e. The predicted octanol–water partition coefficient (Wildman–Crippen LogP) is 4.11. The van der Waals surface area contributed by atoms with E-state index < -0.39 is 11.7 Å². The molecule has 0 aliphatic heterocycles. The van der Waals surface area contributed by atoms with Crippen molar-refractivity contribution in [2.75, 3.05) is 0 Å². The van der Waals surface area contributed by atoms with Crippen molar-refractivity contribution in [3.8, 4) is 0 Å². The Hall–Kier alpha value is -2.11. The lowest BCUT2D eigenvalue weighted by Gasteiger charge is -2.10. The summed E-state index contributed by atoms with van der Waals surface area (Å²) in [6.07, 6.45) is -1.18. The van der Waals surface area contributed by atoms with Gasteiger partial charge in [-0.1, -0.05) is 11.2 Å². The Balaban J connectivity index is 1.96. The van der Waals surface area contributed by atoms with Crippen LogP contribution < -0.4 is 0 Å². The van der Waals surface area contributed by atoms with Crippen LogP contribution in [0.15, 0.2) is 28.9 Å². The fourth-order valence-corrected chi connectivity index (χ4v) is 2.30. The first-order valence-electron chi connectivity index (χ1n) is 6.55. The molecule has 1 aliphatic carbocycles. The Bertz CT molecular complexity index is 699. The molecule has 1 saturated carbocycles. The molecule has 0 unspecified atom stereocenters. The number of nitrogens with zero attached hydrogens (tertiary/aromatic N) is 1. The van der Waals surface area contributed by atoms with Gasteiger partial charge in [-0.2, -0.15) is 13.2 Å². The van der Waals surface area contributed by atoms with E-state index in [1.807, 2.05) is 0 Å². The van der Waals surface area contributed by atoms with Crippen LogP contribution >= 0.6 is 0 Å². The first-order valence-corrected chi connectivity index (χ1v) is 6.55. The second-order valence-electron chi connectivity index (χ2n) is 5.23. The number of carbonyl (C=O) groups excluding carboxylic acids is 1. The van der Waals surface area contributed by atoms with Gasteiger partial charge in [0.05, 0.1) is 17.3 Å². The van der Waals surface area contributed by atoms with E-state index in [2.05, 4.69) is 5.16 Å². The van der Waals surface area contributed by atoms with Gasteiger partial charge in [0, 0.05) is 11.5 Å². The number of hydrogen-bond acceptors (Lipinski definition) is 3. The van der Waals surface area contributed by atoms with E-state index in [9.17, 15) is 18.0 Å². The lowest BCUT2D eigenvalue weighted by atomic mass is 9.97. The zero-order valence-electron chi connectivity index (χ0n) is 11.2. The van der Waals surface area contributed by atoms with E-state index in [4.69, 9.17) is 4.52 Å². The molecule has 0 amide bonds. The molecule has 3 rings (SSSR count). The number of benzene rings is 1. The Labute approximate surface area is 118 Å². The smallest absolute Gasteiger partial charge is 0.360 e. The quantitative estimate of drug-likeness (QED) is 0.800. The fraction of sp³-hybridized carbons (Fsp3) is 0.333. The van der Waals surface area contributed by atoms with Gasteiger partial charge < -0.3 is 4.52 Å². The van der Waals surface area contributed by atoms with Crippen molar-refractivity contribution in [3.63, 3.8) is 0 Å². The number of hydrogen-bond donors (Lipinski definition) is 0. The van der Waals surface area contributed by atoms with E-state index in [1.165, 1.54) is 19.2 Å². The van der Waals surface area contributed by atoms with Crippen LogP contribution in [0.1, 0.15) is 51.6 Å². The minimum absolute atomic E-state index is 0.209. The topological polar surface area (TPSA) is 43.1 Å². The van der Waals surface area contributed by atoms with Crippen LogP contribution in [-0.4, -0.2) is 10.9 Å². The summed E-state index contributed by atoms with van der Waals surface area (Å²) in [5.74, 6) is 0.407. The SMILES string of the molecule is Cc1cc(C(F)(F)F)ccc1C(=O)c1cnoc1C1CC1. The summed E-state index contributed by atoms with van der Waals surface area (Å²) < 4.78 is 43.0. The standard InChI is InChI=1S/C15H12F3NO2/c1-8-6-10(15(16,17)18)4-5-11(8)13(20)12-7-19-21-14(12)9-2-3-9/h4-7,9H,2-3H2,1H3. The molecule has 0 radical (unpaired) electrons. The predicted molar refractivity (Wildman–Crippen MR) is 68.1 cm³/mol. The molecule has 3 nitrogen and oxygen atoms in total. The van der Waals surface area contributed by atoms with Gasteiger partial charge in [0.25, 0.3) is 0 Å². The third-order valence-electron chi connectivity index (χ3n) is 3.59. The molecule has 0 bridgehead atoms. The normalized spacial score (nSPS) is 15.2. The van der Waals surface area contributed by atoms with Crippen molar-refractivity contribution in [2.45, 2.75) is 31.9 Å². The summed E-state index contributed by atoms with van der Waals surface area (Å²) in [5.41, 5.74) is 0.121. The molecule has 1 fully saturated rings. The summed E-state index contributed by atoms with van der Waals surface area (Å²) in [5, 5.41) is 3.64. The van der Waals surface area contributed by atoms with Crippen molar-refractivity contribution in [3.05, 3.63) is 52.4 Å². The maximum absolute atomic E-state index is 12.6. The van der Waals surface area contributed by atoms with E-state index in [0.29, 0.717) is 11.3 Å². The third-order valence-corrected chi connectivity index (χ3v) is 3.59. The summed E-state index contributed by atoms with van der Waals surface area (Å²) in [4.78, 5) is 12.5. The molecule has 0 atom stereocenters. The molecule has 0 saturated heterocycles. The molecule has 1 aromatic heterocycles. The highest BCUT2D eigenvalue weighted by atomic mass is 19.4. The molecule has 110 valence electrons. The van der Waals surface area contributed by atoms with Crippen LogP contribution in [0.3, 0.4) is 0 Å². The minimum atomic E-state index is -4.41. The molecule has 6 heteroatoms. The third kappa shape index (κ3) is 2.57. The molecular weight excluding hydrogens is 283 g/mol. The van der Waals surface area contributed by atoms with Gasteiger partial charge in [-0.05, 0) is 37.5 Å². The molecule has 1 heterocycles. The Morgan fingerprint density at radius 3 is 2.57 bits per heavy atom. The summed E-state index contributed by atoms with van der Waals surface area (Å²) in [6.45, 7) is 1.49. The zero-order valence-corrected chi connectivity index (χ0v) is 11.2. The van der Waals surface area contributed by atoms with Gasteiger partial charge in [0.15, 0.2) is 11.5 Å². The van der Waals surface area contributed by atoms with Gasteiger partial charge in [0.2, 0.25) is 0 Å². The van der Waals surface area contributed by atoms with E-state index in [-0.39, 0.29) is 22.8 Å². The van der Waals surface area contributed by atoms with Crippen LogP contribution in [0, 0.1) is 6.92 Å². The van der Waals surface area contributed by atoms with Crippen molar-refractivity contribution < 1.29 is 22.5 Å². The average Bonchev–Trinajstić information content (AvgIpc) is 3.14. The lowest BCUT2D eigenvalue weighted by Crippen LogP contribution is -2.09. The number of aromatic nitrogens is 1. The second kappa shape index (κ2) is 4.72. The first kappa shape index (κ1) is 13.9. The van der Waals surface area contributed by atoms with Crippen LogP contribution in [-0.2, 0) is 6.18 Å². The van der Waals surface area contributed by atoms with Crippen LogP contribution in [0.5, 0.6) is 0 Å². The number of halogens is 3. The lowest BCUT2D eigenvalue weighted by molar-refractivity contribution is -0.137. The molecule has 21 heavy (non-hydrogen) atoms. The number of aryl methyl sites for hydroxylation is 1. The van der Waals surface area contributed by atoms with E-state index in [1.54, 1.807) is 0 Å². The highest BCUT2D eigenvalue weighted by Gasteiger charge is 2.34. The second-order valence-corrected chi connectivity index (χ2v) is 5.23. The van der Waals surface area contributed by atoms with E-state index >= 15 is 0 Å². The van der Waals surface area contributed by atoms with Crippen LogP contribution in [0.4, 0.5) is 13.2 Å². The number of carbonyl (C=O) groups is 1. The summed E-state index contributed by atoms with van der Waals surface area (Å²) >= 11 is 0. The average molecular weight is 295 g/mol. The molecule has 2 aromatic rings. The molecule has 1 aliphatic rings. The largest absolute Gasteiger partial charge is 0.416 e. The van der Waals surface area contributed by atoms with Crippen LogP contribution in [0.2, 0.25) is 0 Å². The number of alkyl halides is 3. The summed E-state index contributed by atoms with van der Waals surface area (Å²) in [6, 6.07) is 3.12. The molecular formula is C15H12F3NO2. The van der Waals surface area contributed by atoms with Crippen molar-refractivity contribution >= 4 is 5.78 Å². The van der Waals surface area contributed by atoms with Gasteiger partial charge in [-0.3, -0.25) is 4.79 Å². The summed E-state index contributed by atoms with van der Waals surface area (Å²) in [7, 11) is 0. The van der Waals surface area contributed by atoms with Gasteiger partial charge in [-0.25, -0.2) is 0 Å². The Kier molecular flexibility index (Phi) is 3.11. The first-order chi connectivity index (χ1) is 9.88. The van der Waals surface area contributed by atoms with Crippen molar-refractivity contribution in [1.82, 2.24) is 5.16 Å². The zero-order chi connectivity index (χ0) is 15.2. The fourth-order valence-electron chi connectivity index (χ4n) is 2.30. The van der Waals surface area contributed by atoms with Crippen molar-refractivity contribution in [1.29, 1.82) is 0 Å². The number of ketones is 1. The highest BCUT2D eigenvalue weighted by molar-refractivity contribution is 6.10. The van der Waals surface area contributed by atoms with E-state index in [0.717, 1.165) is 25.0 Å². The Morgan fingerprint density at radius 1 is 1.29 bits per heavy atom. The van der Waals surface area contributed by atoms with Crippen LogP contribution in [0.25, 0.3) is 0 Å². The highest BCUT2D eigenvalue weighted by Crippen LogP contribution is 2.42. The monoisotopic (exact) mass is 295 g/mol. The maximum atomic E-state index is 12.6. The van der Waals surface area contributed by atoms with Gasteiger partial charge >= 0.3 is 6.18 Å². The Morgan fingerprint density at radius 2 is 2.00 bits per heavy atom.